The lowest BCUT2D eigenvalue weighted by Crippen LogP contribution is -2.02. The predicted molar refractivity (Wildman–Crippen MR) is 60.3 cm³/mol. The van der Waals surface area contributed by atoms with E-state index in [4.69, 9.17) is 0 Å². The number of aromatic nitrogens is 2. The van der Waals surface area contributed by atoms with E-state index in [1.54, 1.807) is 0 Å². The smallest absolute Gasteiger partial charge is 0.0524 e. The Hall–Kier alpha value is -0.790. The molecule has 1 heterocycles. The van der Waals surface area contributed by atoms with Crippen molar-refractivity contribution in [3.8, 4) is 0 Å². The molecule has 0 N–H and O–H groups in total. The Balaban J connectivity index is 2.66. The maximum atomic E-state index is 4.24. The van der Waals surface area contributed by atoms with Gasteiger partial charge in [-0.15, -0.1) is 0 Å². The average molecular weight is 194 g/mol. The van der Waals surface area contributed by atoms with Crippen molar-refractivity contribution >= 4 is 0 Å². The summed E-state index contributed by atoms with van der Waals surface area (Å²) in [5.41, 5.74) is 1.41. The molecule has 80 valence electrons. The van der Waals surface area contributed by atoms with Crippen LogP contribution in [0.5, 0.6) is 0 Å². The van der Waals surface area contributed by atoms with E-state index in [1.165, 1.54) is 24.8 Å². The highest BCUT2D eigenvalue weighted by molar-refractivity contribution is 5.11. The van der Waals surface area contributed by atoms with E-state index in [0.717, 1.165) is 5.92 Å². The van der Waals surface area contributed by atoms with E-state index in [0.29, 0.717) is 5.92 Å². The lowest BCUT2D eigenvalue weighted by molar-refractivity contribution is 0.472. The molecule has 0 amide bonds. The quantitative estimate of drug-likeness (QED) is 0.703. The molecule has 0 aliphatic rings. The molecule has 0 spiro atoms. The molecule has 0 saturated carbocycles. The molecule has 14 heavy (non-hydrogen) atoms. The summed E-state index contributed by atoms with van der Waals surface area (Å²) in [5, 5.41) is 4.24. The normalized spacial score (nSPS) is 13.5. The molecule has 1 unspecified atom stereocenters. The summed E-state index contributed by atoms with van der Waals surface area (Å²) >= 11 is 0. The Bertz CT molecular complexity index is 263. The number of nitrogens with zero attached hydrogens (tertiary/aromatic N) is 2. The van der Waals surface area contributed by atoms with Crippen LogP contribution < -0.4 is 0 Å². The highest BCUT2D eigenvalue weighted by atomic mass is 15.2. The molecule has 1 aromatic heterocycles. The van der Waals surface area contributed by atoms with E-state index in [2.05, 4.69) is 32.1 Å². The Labute approximate surface area is 87.3 Å². The zero-order valence-corrected chi connectivity index (χ0v) is 9.83. The molecular weight excluding hydrogens is 172 g/mol. The van der Waals surface area contributed by atoms with Crippen molar-refractivity contribution in [1.82, 2.24) is 9.78 Å². The van der Waals surface area contributed by atoms with Crippen LogP contribution in [0.4, 0.5) is 0 Å². The lowest BCUT2D eigenvalue weighted by atomic mass is 9.89. The summed E-state index contributed by atoms with van der Waals surface area (Å²) in [6.07, 6.45) is 7.99. The van der Waals surface area contributed by atoms with Crippen molar-refractivity contribution in [1.29, 1.82) is 0 Å². The zero-order valence-electron chi connectivity index (χ0n) is 9.83. The molecule has 2 nitrogen and oxygen atoms in total. The van der Waals surface area contributed by atoms with Crippen molar-refractivity contribution in [2.24, 2.45) is 13.0 Å². The highest BCUT2D eigenvalue weighted by Crippen LogP contribution is 2.27. The fraction of sp³-hybridized carbons (Fsp3) is 0.750. The summed E-state index contributed by atoms with van der Waals surface area (Å²) in [6, 6.07) is 0. The summed E-state index contributed by atoms with van der Waals surface area (Å²) < 4.78 is 1.90. The highest BCUT2D eigenvalue weighted by Gasteiger charge is 2.13. The van der Waals surface area contributed by atoms with Gasteiger partial charge in [0.2, 0.25) is 0 Å². The second-order valence-electron chi connectivity index (χ2n) is 4.56. The first-order valence-corrected chi connectivity index (χ1v) is 5.62. The van der Waals surface area contributed by atoms with Crippen molar-refractivity contribution in [3.05, 3.63) is 18.0 Å². The van der Waals surface area contributed by atoms with E-state index >= 15 is 0 Å². The topological polar surface area (TPSA) is 17.8 Å². The monoisotopic (exact) mass is 194 g/mol. The first-order valence-electron chi connectivity index (χ1n) is 5.62. The molecule has 0 aliphatic heterocycles. The molecule has 1 atom stereocenters. The molecule has 0 aromatic carbocycles. The molecular formula is C12H22N2. The molecule has 0 aliphatic carbocycles. The van der Waals surface area contributed by atoms with Gasteiger partial charge in [0.25, 0.3) is 0 Å². The van der Waals surface area contributed by atoms with Gasteiger partial charge in [-0.25, -0.2) is 0 Å². The Kier molecular flexibility index (Phi) is 4.18. The van der Waals surface area contributed by atoms with Gasteiger partial charge in [-0.2, -0.15) is 5.10 Å². The molecule has 2 heteroatoms. The summed E-state index contributed by atoms with van der Waals surface area (Å²) in [4.78, 5) is 0. The Morgan fingerprint density at radius 1 is 1.43 bits per heavy atom. The van der Waals surface area contributed by atoms with Crippen LogP contribution in [-0.4, -0.2) is 9.78 Å². The van der Waals surface area contributed by atoms with Crippen molar-refractivity contribution in [3.63, 3.8) is 0 Å². The Morgan fingerprint density at radius 2 is 2.14 bits per heavy atom. The Morgan fingerprint density at radius 3 is 2.57 bits per heavy atom. The molecule has 0 saturated heterocycles. The van der Waals surface area contributed by atoms with Gasteiger partial charge in [0, 0.05) is 13.2 Å². The summed E-state index contributed by atoms with van der Waals surface area (Å²) in [6.45, 7) is 6.84. The van der Waals surface area contributed by atoms with Crippen molar-refractivity contribution < 1.29 is 0 Å². The van der Waals surface area contributed by atoms with E-state index < -0.39 is 0 Å². The molecule has 0 fully saturated rings. The first kappa shape index (κ1) is 11.3. The van der Waals surface area contributed by atoms with Crippen LogP contribution in [-0.2, 0) is 7.05 Å². The number of aryl methyl sites for hydroxylation is 1. The van der Waals surface area contributed by atoms with Crippen LogP contribution in [0.25, 0.3) is 0 Å². The first-order chi connectivity index (χ1) is 6.63. The third kappa shape index (κ3) is 3.17. The minimum absolute atomic E-state index is 0.702. The predicted octanol–water partition coefficient (Wildman–Crippen LogP) is 3.35. The van der Waals surface area contributed by atoms with Crippen molar-refractivity contribution in [2.75, 3.05) is 0 Å². The maximum Gasteiger partial charge on any atom is 0.0524 e. The lowest BCUT2D eigenvalue weighted by Gasteiger charge is -2.16. The van der Waals surface area contributed by atoms with Crippen LogP contribution in [0, 0.1) is 5.92 Å². The summed E-state index contributed by atoms with van der Waals surface area (Å²) in [5.74, 6) is 1.47. The van der Waals surface area contributed by atoms with E-state index in [-0.39, 0.29) is 0 Å². The maximum absolute atomic E-state index is 4.24. The van der Waals surface area contributed by atoms with Crippen LogP contribution in [0.3, 0.4) is 0 Å². The third-order valence-electron chi connectivity index (χ3n) is 2.59. The fourth-order valence-corrected chi connectivity index (χ4v) is 1.99. The van der Waals surface area contributed by atoms with Gasteiger partial charge < -0.3 is 0 Å². The van der Waals surface area contributed by atoms with Crippen molar-refractivity contribution in [2.45, 2.75) is 46.0 Å². The summed E-state index contributed by atoms with van der Waals surface area (Å²) in [7, 11) is 1.99. The van der Waals surface area contributed by atoms with Gasteiger partial charge in [0.15, 0.2) is 0 Å². The van der Waals surface area contributed by atoms with E-state index in [9.17, 15) is 0 Å². The molecule has 1 rings (SSSR count). The number of hydrogen-bond acceptors (Lipinski definition) is 1. The molecule has 0 radical (unpaired) electrons. The van der Waals surface area contributed by atoms with E-state index in [1.807, 2.05) is 17.9 Å². The molecule has 0 bridgehead atoms. The van der Waals surface area contributed by atoms with Gasteiger partial charge in [0.1, 0.15) is 0 Å². The minimum Gasteiger partial charge on any atom is -0.276 e. The van der Waals surface area contributed by atoms with Crippen LogP contribution in [0.15, 0.2) is 12.4 Å². The van der Waals surface area contributed by atoms with Crippen LogP contribution in [0.1, 0.15) is 51.5 Å². The average Bonchev–Trinajstić information content (AvgIpc) is 2.50. The van der Waals surface area contributed by atoms with Gasteiger partial charge >= 0.3 is 0 Å². The van der Waals surface area contributed by atoms with Crippen LogP contribution >= 0.6 is 0 Å². The minimum atomic E-state index is 0.702. The van der Waals surface area contributed by atoms with Gasteiger partial charge in [-0.3, -0.25) is 4.68 Å². The van der Waals surface area contributed by atoms with Gasteiger partial charge in [-0.05, 0) is 30.2 Å². The van der Waals surface area contributed by atoms with Gasteiger partial charge in [0.05, 0.1) is 6.20 Å². The fourth-order valence-electron chi connectivity index (χ4n) is 1.99. The second-order valence-corrected chi connectivity index (χ2v) is 4.56. The third-order valence-corrected chi connectivity index (χ3v) is 2.59. The SMILES string of the molecule is CCCC(CC(C)C)c1cnn(C)c1. The second kappa shape index (κ2) is 5.18. The number of hydrogen-bond donors (Lipinski definition) is 0. The zero-order chi connectivity index (χ0) is 10.6. The van der Waals surface area contributed by atoms with Crippen LogP contribution in [0.2, 0.25) is 0 Å². The molecule has 1 aromatic rings. The number of rotatable bonds is 5. The standard InChI is InChI=1S/C12H22N2/c1-5-6-11(7-10(2)3)12-8-13-14(4)9-12/h8-11H,5-7H2,1-4H3. The van der Waals surface area contributed by atoms with Gasteiger partial charge in [-0.1, -0.05) is 27.2 Å². The largest absolute Gasteiger partial charge is 0.276 e.